The van der Waals surface area contributed by atoms with Crippen molar-refractivity contribution in [2.75, 3.05) is 37.8 Å². The molecule has 0 atom stereocenters. The molecule has 0 amide bonds. The Kier molecular flexibility index (Phi) is 8.66. The van der Waals surface area contributed by atoms with Crippen LogP contribution in [0.3, 0.4) is 0 Å². The molecule has 1 aliphatic heterocycles. The third-order valence-electron chi connectivity index (χ3n) is 5.45. The molecule has 2 rings (SSSR count). The summed E-state index contributed by atoms with van der Waals surface area (Å²) in [6.45, 7) is 8.45. The van der Waals surface area contributed by atoms with Gasteiger partial charge in [0.05, 0.1) is 29.2 Å². The van der Waals surface area contributed by atoms with Crippen LogP contribution in [0.2, 0.25) is 0 Å². The fourth-order valence-electron chi connectivity index (χ4n) is 3.47. The number of rotatable bonds is 8. The van der Waals surface area contributed by atoms with Gasteiger partial charge >= 0.3 is 6.18 Å². The van der Waals surface area contributed by atoms with E-state index in [2.05, 4.69) is 27.2 Å². The van der Waals surface area contributed by atoms with Crippen LogP contribution < -0.4 is 16.4 Å². The van der Waals surface area contributed by atoms with E-state index in [-0.39, 0.29) is 23.6 Å². The highest BCUT2D eigenvalue weighted by atomic mass is 19.4. The van der Waals surface area contributed by atoms with Gasteiger partial charge in [0.1, 0.15) is 6.07 Å². The molecule has 7 nitrogen and oxygen atoms in total. The number of pyridine rings is 1. The Bertz CT molecular complexity index is 940. The lowest BCUT2D eigenvalue weighted by Gasteiger charge is -2.22. The lowest BCUT2D eigenvalue weighted by molar-refractivity contribution is -0.0951. The highest BCUT2D eigenvalue weighted by Crippen LogP contribution is 2.31. The first-order chi connectivity index (χ1) is 15.1. The molecule has 0 radical (unpaired) electrons. The van der Waals surface area contributed by atoms with E-state index < -0.39 is 17.6 Å². The highest BCUT2D eigenvalue weighted by Gasteiger charge is 2.34. The Morgan fingerprint density at radius 3 is 2.66 bits per heavy atom. The highest BCUT2D eigenvalue weighted by molar-refractivity contribution is 6.09. The van der Waals surface area contributed by atoms with Gasteiger partial charge in [0.2, 0.25) is 5.88 Å². The van der Waals surface area contributed by atoms with Crippen molar-refractivity contribution in [2.45, 2.75) is 39.3 Å². The number of nitrogens with zero attached hydrogens (tertiary/aromatic N) is 3. The molecular weight excluding hydrogens is 421 g/mol. The van der Waals surface area contributed by atoms with Crippen LogP contribution in [0, 0.1) is 24.2 Å². The van der Waals surface area contributed by atoms with E-state index in [1.807, 2.05) is 6.07 Å². The van der Waals surface area contributed by atoms with Crippen LogP contribution in [0.15, 0.2) is 23.0 Å². The van der Waals surface area contributed by atoms with Gasteiger partial charge in [-0.25, -0.2) is 9.98 Å². The molecule has 32 heavy (non-hydrogen) atoms. The number of ether oxygens (including phenoxy) is 1. The second-order valence-electron chi connectivity index (χ2n) is 7.63. The topological polar surface area (TPSA) is 108 Å². The molecule has 0 bridgehead atoms. The number of piperidine rings is 1. The average molecular weight is 451 g/mol. The molecule has 1 fully saturated rings. The number of nitriles is 1. The third-order valence-corrected chi connectivity index (χ3v) is 5.45. The zero-order valence-corrected chi connectivity index (χ0v) is 18.6. The van der Waals surface area contributed by atoms with Crippen LogP contribution in [0.5, 0.6) is 0 Å². The van der Waals surface area contributed by atoms with Gasteiger partial charge in [0.15, 0.2) is 5.69 Å². The van der Waals surface area contributed by atoms with E-state index in [0.717, 1.165) is 32.9 Å². The largest absolute Gasteiger partial charge is 0.477 e. The van der Waals surface area contributed by atoms with Gasteiger partial charge in [-0.3, -0.25) is 0 Å². The standard InChI is InChI=1S/C22H29F3N6O/c1-13(19-14(2)20(28-4)18(27)17(11-26)31-19)12-30-21(15(3)22(23,24)25)32-10-7-16-5-8-29-9-6-16/h12,16,29H,1,5-10,27H2,2-4H3,(H,28,31)/b21-15-,30-12?. The normalized spacial score (nSPS) is 15.9. The zero-order chi connectivity index (χ0) is 23.9. The average Bonchev–Trinajstić information content (AvgIpc) is 2.76. The number of nitrogen functional groups attached to an aromatic ring is 1. The van der Waals surface area contributed by atoms with Gasteiger partial charge in [0, 0.05) is 24.4 Å². The second-order valence-corrected chi connectivity index (χ2v) is 7.63. The summed E-state index contributed by atoms with van der Waals surface area (Å²) in [5.41, 5.74) is 6.82. The van der Waals surface area contributed by atoms with E-state index in [4.69, 9.17) is 10.5 Å². The molecule has 1 aromatic heterocycles. The minimum Gasteiger partial charge on any atom is -0.477 e. The Morgan fingerprint density at radius 1 is 1.44 bits per heavy atom. The second kappa shape index (κ2) is 11.0. The fourth-order valence-corrected chi connectivity index (χ4v) is 3.47. The quantitative estimate of drug-likeness (QED) is 0.405. The monoisotopic (exact) mass is 450 g/mol. The lowest BCUT2D eigenvalue weighted by atomic mass is 9.95. The SMILES string of the molecule is C=C(C=N/C(OCCC1CCNCC1)=C(\C)C(F)(F)F)c1nc(C#N)c(N)c(NC)c1C. The maximum absolute atomic E-state index is 13.3. The maximum Gasteiger partial charge on any atom is 0.417 e. The number of hydrogen-bond donors (Lipinski definition) is 3. The Hall–Kier alpha value is -3.06. The van der Waals surface area contributed by atoms with Gasteiger partial charge in [-0.15, -0.1) is 0 Å². The third kappa shape index (κ3) is 6.23. The summed E-state index contributed by atoms with van der Waals surface area (Å²) in [5, 5.41) is 15.4. The van der Waals surface area contributed by atoms with Crippen molar-refractivity contribution in [2.24, 2.45) is 10.9 Å². The predicted molar refractivity (Wildman–Crippen MR) is 120 cm³/mol. The van der Waals surface area contributed by atoms with Crippen molar-refractivity contribution in [3.05, 3.63) is 35.0 Å². The van der Waals surface area contributed by atoms with E-state index in [1.54, 1.807) is 14.0 Å². The number of halogens is 3. The molecule has 2 heterocycles. The molecule has 4 N–H and O–H groups in total. The fraction of sp³-hybridized carbons (Fsp3) is 0.500. The van der Waals surface area contributed by atoms with Crippen LogP contribution in [0.1, 0.15) is 43.1 Å². The molecule has 0 saturated carbocycles. The number of anilines is 2. The Morgan fingerprint density at radius 2 is 2.09 bits per heavy atom. The number of nitrogens with two attached hydrogens (primary N) is 1. The molecular formula is C22H29F3N6O. The van der Waals surface area contributed by atoms with Gasteiger partial charge in [-0.05, 0) is 52.1 Å². The minimum atomic E-state index is -4.58. The van der Waals surface area contributed by atoms with Gasteiger partial charge in [-0.1, -0.05) is 6.58 Å². The molecule has 1 saturated heterocycles. The molecule has 10 heteroatoms. The lowest BCUT2D eigenvalue weighted by Crippen LogP contribution is -2.28. The zero-order valence-electron chi connectivity index (χ0n) is 18.6. The number of aliphatic imine (C=N–C) groups is 1. The van der Waals surface area contributed by atoms with Gasteiger partial charge in [-0.2, -0.15) is 18.4 Å². The molecule has 174 valence electrons. The first-order valence-corrected chi connectivity index (χ1v) is 10.3. The van der Waals surface area contributed by atoms with Crippen LogP contribution in [-0.2, 0) is 4.74 Å². The summed E-state index contributed by atoms with van der Waals surface area (Å²) < 4.78 is 45.4. The smallest absolute Gasteiger partial charge is 0.417 e. The van der Waals surface area contributed by atoms with E-state index in [9.17, 15) is 18.4 Å². The first-order valence-electron chi connectivity index (χ1n) is 10.3. The maximum atomic E-state index is 13.3. The number of hydrogen-bond acceptors (Lipinski definition) is 7. The van der Waals surface area contributed by atoms with Crippen molar-refractivity contribution in [1.82, 2.24) is 10.3 Å². The number of alkyl halides is 3. The van der Waals surface area contributed by atoms with E-state index in [0.29, 0.717) is 29.3 Å². The summed E-state index contributed by atoms with van der Waals surface area (Å²) in [6.07, 6.45) is -0.815. The van der Waals surface area contributed by atoms with Crippen LogP contribution in [0.25, 0.3) is 5.57 Å². The van der Waals surface area contributed by atoms with E-state index >= 15 is 0 Å². The van der Waals surface area contributed by atoms with Crippen molar-refractivity contribution < 1.29 is 17.9 Å². The predicted octanol–water partition coefficient (Wildman–Crippen LogP) is 4.17. The van der Waals surface area contributed by atoms with Gasteiger partial charge in [0.25, 0.3) is 0 Å². The minimum absolute atomic E-state index is 0.00930. The summed E-state index contributed by atoms with van der Waals surface area (Å²) in [7, 11) is 1.64. The van der Waals surface area contributed by atoms with Crippen molar-refractivity contribution >= 4 is 23.2 Å². The molecule has 1 aromatic rings. The van der Waals surface area contributed by atoms with Gasteiger partial charge < -0.3 is 21.1 Å². The van der Waals surface area contributed by atoms with Crippen LogP contribution in [-0.4, -0.2) is 44.1 Å². The molecule has 0 spiro atoms. The Labute approximate surface area is 186 Å². The Balaban J connectivity index is 2.26. The number of aromatic nitrogens is 1. The molecule has 0 aliphatic carbocycles. The summed E-state index contributed by atoms with van der Waals surface area (Å²) in [6, 6.07) is 1.91. The van der Waals surface area contributed by atoms with Crippen molar-refractivity contribution in [3.63, 3.8) is 0 Å². The first kappa shape index (κ1) is 25.2. The number of allylic oxidation sites excluding steroid dienone is 2. The summed E-state index contributed by atoms with van der Waals surface area (Å²) in [5.74, 6) is -0.0938. The van der Waals surface area contributed by atoms with Crippen LogP contribution >= 0.6 is 0 Å². The molecule has 0 unspecified atom stereocenters. The van der Waals surface area contributed by atoms with Crippen LogP contribution in [0.4, 0.5) is 24.5 Å². The molecule has 1 aliphatic rings. The number of nitrogens with one attached hydrogen (secondary N) is 2. The van der Waals surface area contributed by atoms with Crippen molar-refractivity contribution in [3.8, 4) is 6.07 Å². The molecule has 0 aromatic carbocycles. The van der Waals surface area contributed by atoms with E-state index in [1.165, 1.54) is 6.21 Å². The summed E-state index contributed by atoms with van der Waals surface area (Å²) >= 11 is 0. The summed E-state index contributed by atoms with van der Waals surface area (Å²) in [4.78, 5) is 8.14. The van der Waals surface area contributed by atoms with Crippen molar-refractivity contribution in [1.29, 1.82) is 5.26 Å².